The monoisotopic (exact) mass is 518 g/mol. The van der Waals surface area contributed by atoms with E-state index in [1.54, 1.807) is 24.3 Å². The van der Waals surface area contributed by atoms with Crippen LogP contribution in [0.2, 0.25) is 0 Å². The van der Waals surface area contributed by atoms with E-state index in [4.69, 9.17) is 9.47 Å². The van der Waals surface area contributed by atoms with Crippen LogP contribution in [0.4, 0.5) is 5.69 Å². The molecule has 0 unspecified atom stereocenters. The number of nitrogens with one attached hydrogen (secondary N) is 1. The minimum atomic E-state index is -4.02. The second-order valence-electron chi connectivity index (χ2n) is 6.83. The molecule has 3 aromatic carbocycles. The quantitative estimate of drug-likeness (QED) is 0.456. The van der Waals surface area contributed by atoms with Crippen molar-refractivity contribution in [2.45, 2.75) is 11.4 Å². The van der Waals surface area contributed by atoms with Gasteiger partial charge in [-0.2, -0.15) is 4.31 Å². The van der Waals surface area contributed by atoms with Gasteiger partial charge in [-0.1, -0.05) is 46.3 Å². The molecule has 9 heteroatoms. The number of halogens is 1. The number of ether oxygens (including phenoxy) is 2. The van der Waals surface area contributed by atoms with E-state index in [-0.39, 0.29) is 23.7 Å². The Hall–Kier alpha value is -2.88. The molecule has 32 heavy (non-hydrogen) atoms. The zero-order chi connectivity index (χ0) is 23.1. The van der Waals surface area contributed by atoms with Gasteiger partial charge in [-0.05, 0) is 42.0 Å². The Morgan fingerprint density at radius 2 is 1.59 bits per heavy atom. The minimum Gasteiger partial charge on any atom is -0.493 e. The van der Waals surface area contributed by atoms with E-state index in [2.05, 4.69) is 21.2 Å². The molecule has 0 aliphatic carbocycles. The maximum absolute atomic E-state index is 13.5. The number of methoxy groups -OCH3 is 2. The number of anilines is 1. The predicted molar refractivity (Wildman–Crippen MR) is 126 cm³/mol. The zero-order valence-corrected chi connectivity index (χ0v) is 20.0. The van der Waals surface area contributed by atoms with Crippen LogP contribution in [0.5, 0.6) is 11.5 Å². The number of nitrogens with zero attached hydrogens (tertiary/aromatic N) is 1. The Morgan fingerprint density at radius 3 is 2.22 bits per heavy atom. The van der Waals surface area contributed by atoms with Crippen molar-refractivity contribution in [1.29, 1.82) is 0 Å². The van der Waals surface area contributed by atoms with Gasteiger partial charge in [0, 0.05) is 22.8 Å². The van der Waals surface area contributed by atoms with Crippen molar-refractivity contribution in [2.24, 2.45) is 0 Å². The average Bonchev–Trinajstić information content (AvgIpc) is 2.80. The van der Waals surface area contributed by atoms with Crippen LogP contribution in [0.15, 0.2) is 82.2 Å². The van der Waals surface area contributed by atoms with E-state index in [1.807, 2.05) is 30.3 Å². The van der Waals surface area contributed by atoms with E-state index in [1.165, 1.54) is 32.4 Å². The molecule has 0 spiro atoms. The molecule has 0 atom stereocenters. The van der Waals surface area contributed by atoms with Crippen molar-refractivity contribution in [2.75, 3.05) is 26.1 Å². The fourth-order valence-electron chi connectivity index (χ4n) is 3.03. The van der Waals surface area contributed by atoms with Gasteiger partial charge >= 0.3 is 0 Å². The van der Waals surface area contributed by atoms with Crippen molar-refractivity contribution in [3.05, 3.63) is 82.8 Å². The first kappa shape index (κ1) is 23.8. The summed E-state index contributed by atoms with van der Waals surface area (Å²) in [6.07, 6.45) is 0. The molecular weight excluding hydrogens is 496 g/mol. The van der Waals surface area contributed by atoms with E-state index in [0.29, 0.717) is 11.4 Å². The maximum atomic E-state index is 13.5. The van der Waals surface area contributed by atoms with Crippen LogP contribution >= 0.6 is 15.9 Å². The van der Waals surface area contributed by atoms with E-state index < -0.39 is 15.9 Å². The third-order valence-electron chi connectivity index (χ3n) is 4.64. The molecule has 3 aromatic rings. The number of hydrogen-bond donors (Lipinski definition) is 1. The molecule has 3 rings (SSSR count). The van der Waals surface area contributed by atoms with Gasteiger partial charge in [0.1, 0.15) is 0 Å². The van der Waals surface area contributed by atoms with Gasteiger partial charge in [-0.25, -0.2) is 8.42 Å². The fourth-order valence-corrected chi connectivity index (χ4v) is 4.70. The van der Waals surface area contributed by atoms with Gasteiger partial charge in [0.05, 0.1) is 25.7 Å². The number of rotatable bonds is 9. The topological polar surface area (TPSA) is 84.9 Å². The summed E-state index contributed by atoms with van der Waals surface area (Å²) in [4.78, 5) is 12.7. The first-order valence-corrected chi connectivity index (χ1v) is 11.9. The van der Waals surface area contributed by atoms with Crippen LogP contribution in [0, 0.1) is 0 Å². The van der Waals surface area contributed by atoms with Crippen LogP contribution in [-0.2, 0) is 21.4 Å². The highest BCUT2D eigenvalue weighted by atomic mass is 79.9. The molecule has 1 amide bonds. The van der Waals surface area contributed by atoms with Crippen molar-refractivity contribution < 1.29 is 22.7 Å². The van der Waals surface area contributed by atoms with E-state index in [0.717, 1.165) is 14.3 Å². The molecule has 0 fully saturated rings. The van der Waals surface area contributed by atoms with Gasteiger partial charge < -0.3 is 14.8 Å². The Labute approximate surface area is 196 Å². The van der Waals surface area contributed by atoms with Crippen molar-refractivity contribution in [3.8, 4) is 11.5 Å². The number of sulfonamides is 1. The summed E-state index contributed by atoms with van der Waals surface area (Å²) in [5, 5.41) is 2.74. The summed E-state index contributed by atoms with van der Waals surface area (Å²) in [5.41, 5.74) is 1.33. The highest BCUT2D eigenvalue weighted by molar-refractivity contribution is 9.10. The van der Waals surface area contributed by atoms with E-state index >= 15 is 0 Å². The highest BCUT2D eigenvalue weighted by Gasteiger charge is 2.28. The SMILES string of the molecule is COc1ccc(S(=O)(=O)N(CC(=O)Nc2ccc(Br)cc2)Cc2ccccc2)cc1OC. The number of hydrogen-bond acceptors (Lipinski definition) is 5. The number of carbonyl (C=O) groups excluding carboxylic acids is 1. The third-order valence-corrected chi connectivity index (χ3v) is 6.96. The Kier molecular flexibility index (Phi) is 7.89. The normalized spacial score (nSPS) is 11.2. The lowest BCUT2D eigenvalue weighted by atomic mass is 10.2. The second-order valence-corrected chi connectivity index (χ2v) is 9.68. The molecule has 7 nitrogen and oxygen atoms in total. The van der Waals surface area contributed by atoms with Crippen LogP contribution in [0.25, 0.3) is 0 Å². The predicted octanol–water partition coefficient (Wildman–Crippen LogP) is 4.30. The molecule has 0 aromatic heterocycles. The lowest BCUT2D eigenvalue weighted by molar-refractivity contribution is -0.116. The van der Waals surface area contributed by atoms with Crippen LogP contribution < -0.4 is 14.8 Å². The van der Waals surface area contributed by atoms with Crippen LogP contribution in [0.3, 0.4) is 0 Å². The van der Waals surface area contributed by atoms with Crippen molar-refractivity contribution in [3.63, 3.8) is 0 Å². The molecule has 168 valence electrons. The van der Waals surface area contributed by atoms with Crippen molar-refractivity contribution >= 4 is 37.5 Å². The first-order chi connectivity index (χ1) is 15.3. The molecule has 0 aliphatic heterocycles. The molecule has 0 radical (unpaired) electrons. The molecule has 0 saturated heterocycles. The Morgan fingerprint density at radius 1 is 0.938 bits per heavy atom. The van der Waals surface area contributed by atoms with Gasteiger partial charge in [-0.3, -0.25) is 4.79 Å². The van der Waals surface area contributed by atoms with Crippen LogP contribution in [0.1, 0.15) is 5.56 Å². The summed E-state index contributed by atoms with van der Waals surface area (Å²) in [6, 6.07) is 20.5. The Bertz CT molecular complexity index is 1170. The molecule has 0 heterocycles. The van der Waals surface area contributed by atoms with Gasteiger partial charge in [0.15, 0.2) is 11.5 Å². The van der Waals surface area contributed by atoms with Crippen LogP contribution in [-0.4, -0.2) is 39.4 Å². The third kappa shape index (κ3) is 5.87. The number of amides is 1. The molecule has 0 saturated carbocycles. The summed E-state index contributed by atoms with van der Waals surface area (Å²) >= 11 is 3.34. The molecule has 1 N–H and O–H groups in total. The summed E-state index contributed by atoms with van der Waals surface area (Å²) in [7, 11) is -1.12. The largest absolute Gasteiger partial charge is 0.493 e. The standard InChI is InChI=1S/C23H23BrN2O5S/c1-30-21-13-12-20(14-22(21)31-2)32(28,29)26(15-17-6-4-3-5-7-17)16-23(27)25-19-10-8-18(24)9-11-19/h3-14H,15-16H2,1-2H3,(H,25,27). The maximum Gasteiger partial charge on any atom is 0.243 e. The highest BCUT2D eigenvalue weighted by Crippen LogP contribution is 2.31. The fraction of sp³-hybridized carbons (Fsp3) is 0.174. The summed E-state index contributed by atoms with van der Waals surface area (Å²) in [5.74, 6) is 0.244. The van der Waals surface area contributed by atoms with Gasteiger partial charge in [-0.15, -0.1) is 0 Å². The van der Waals surface area contributed by atoms with E-state index in [9.17, 15) is 13.2 Å². The summed E-state index contributed by atoms with van der Waals surface area (Å²) < 4.78 is 39.4. The number of carbonyl (C=O) groups is 1. The average molecular weight is 519 g/mol. The minimum absolute atomic E-state index is 0.00234. The zero-order valence-electron chi connectivity index (χ0n) is 17.6. The lowest BCUT2D eigenvalue weighted by Crippen LogP contribution is -2.37. The Balaban J connectivity index is 1.90. The molecular formula is C23H23BrN2O5S. The number of benzene rings is 3. The molecule has 0 bridgehead atoms. The van der Waals surface area contributed by atoms with Crippen molar-refractivity contribution in [1.82, 2.24) is 4.31 Å². The first-order valence-electron chi connectivity index (χ1n) is 9.65. The molecule has 0 aliphatic rings. The smallest absolute Gasteiger partial charge is 0.243 e. The second kappa shape index (κ2) is 10.6. The lowest BCUT2D eigenvalue weighted by Gasteiger charge is -2.22. The summed E-state index contributed by atoms with van der Waals surface area (Å²) in [6.45, 7) is -0.326. The van der Waals surface area contributed by atoms with Gasteiger partial charge in [0.25, 0.3) is 0 Å². The van der Waals surface area contributed by atoms with Gasteiger partial charge in [0.2, 0.25) is 15.9 Å².